The average molecular weight is 274 g/mol. The summed E-state index contributed by atoms with van der Waals surface area (Å²) in [7, 11) is 0. The summed E-state index contributed by atoms with van der Waals surface area (Å²) >= 11 is 0. The van der Waals surface area contributed by atoms with Gasteiger partial charge in [-0.25, -0.2) is 4.79 Å². The van der Waals surface area contributed by atoms with Crippen LogP contribution in [0.1, 0.15) is 19.4 Å². The number of halogens is 3. The molecule has 1 rings (SSSR count). The smallest absolute Gasteiger partial charge is 0.463 e. The van der Waals surface area contributed by atoms with Crippen LogP contribution in [-0.2, 0) is 9.53 Å². The van der Waals surface area contributed by atoms with Gasteiger partial charge in [-0.05, 0) is 37.1 Å². The van der Waals surface area contributed by atoms with E-state index in [-0.39, 0.29) is 12.4 Å². The van der Waals surface area contributed by atoms with E-state index < -0.39 is 12.3 Å². The predicted molar refractivity (Wildman–Crippen MR) is 63.4 cm³/mol. The summed E-state index contributed by atoms with van der Waals surface area (Å²) in [6.45, 7) is 3.61. The Balaban J connectivity index is 2.78. The molecule has 6 heteroatoms. The number of carbonyl (C=O) groups is 1. The predicted octanol–water partition coefficient (Wildman–Crippen LogP) is 3.55. The maximum atomic E-state index is 12.0. The molecule has 0 radical (unpaired) electrons. The molecular weight excluding hydrogens is 261 g/mol. The number of alkyl halides is 3. The van der Waals surface area contributed by atoms with Crippen molar-refractivity contribution in [2.75, 3.05) is 6.61 Å². The van der Waals surface area contributed by atoms with Crippen LogP contribution in [0, 0.1) is 0 Å². The number of carbonyl (C=O) groups excluding carboxylic acids is 1. The number of hydrogen-bond donors (Lipinski definition) is 0. The zero-order valence-corrected chi connectivity index (χ0v) is 10.5. The van der Waals surface area contributed by atoms with Crippen molar-refractivity contribution in [3.05, 3.63) is 35.9 Å². The van der Waals surface area contributed by atoms with Crippen LogP contribution in [0.15, 0.2) is 30.3 Å². The fourth-order valence-corrected chi connectivity index (χ4v) is 1.36. The molecule has 19 heavy (non-hydrogen) atoms. The molecule has 0 amide bonds. The highest BCUT2D eigenvalue weighted by Crippen LogP contribution is 2.24. The van der Waals surface area contributed by atoms with Crippen molar-refractivity contribution in [3.8, 4) is 5.75 Å². The second-order valence-corrected chi connectivity index (χ2v) is 3.65. The largest absolute Gasteiger partial charge is 0.573 e. The maximum absolute atomic E-state index is 12.0. The third-order valence-corrected chi connectivity index (χ3v) is 2.16. The minimum atomic E-state index is -4.71. The minimum absolute atomic E-state index is 0.265. The highest BCUT2D eigenvalue weighted by Gasteiger charge is 2.30. The molecule has 104 valence electrons. The normalized spacial score (nSPS) is 12.2. The number of benzene rings is 1. The van der Waals surface area contributed by atoms with E-state index in [0.29, 0.717) is 11.1 Å². The first kappa shape index (κ1) is 15.1. The highest BCUT2D eigenvalue weighted by molar-refractivity contribution is 5.90. The molecule has 0 bridgehead atoms. The molecule has 0 saturated carbocycles. The zero-order valence-electron chi connectivity index (χ0n) is 10.5. The Bertz CT molecular complexity index is 461. The Hall–Kier alpha value is -1.98. The van der Waals surface area contributed by atoms with Crippen LogP contribution in [0.2, 0.25) is 0 Å². The molecule has 0 aliphatic heterocycles. The van der Waals surface area contributed by atoms with Crippen LogP contribution in [0.5, 0.6) is 5.75 Å². The van der Waals surface area contributed by atoms with Crippen molar-refractivity contribution in [3.63, 3.8) is 0 Å². The fourth-order valence-electron chi connectivity index (χ4n) is 1.36. The van der Waals surface area contributed by atoms with Crippen molar-refractivity contribution < 1.29 is 27.4 Å². The van der Waals surface area contributed by atoms with Gasteiger partial charge in [-0.15, -0.1) is 13.2 Å². The topological polar surface area (TPSA) is 35.5 Å². The van der Waals surface area contributed by atoms with Gasteiger partial charge in [-0.2, -0.15) is 0 Å². The summed E-state index contributed by atoms with van der Waals surface area (Å²) in [5, 5.41) is 0. The molecule has 3 nitrogen and oxygen atoms in total. The van der Waals surface area contributed by atoms with Gasteiger partial charge in [0, 0.05) is 6.08 Å². The number of ether oxygens (including phenoxy) is 2. The second-order valence-electron chi connectivity index (χ2n) is 3.65. The van der Waals surface area contributed by atoms with Crippen molar-refractivity contribution >= 4 is 11.5 Å². The highest BCUT2D eigenvalue weighted by atomic mass is 19.4. The van der Waals surface area contributed by atoms with Gasteiger partial charge in [-0.1, -0.05) is 12.1 Å². The van der Waals surface area contributed by atoms with E-state index in [4.69, 9.17) is 4.74 Å². The van der Waals surface area contributed by atoms with E-state index in [2.05, 4.69) is 4.74 Å². The van der Waals surface area contributed by atoms with Gasteiger partial charge in [0.05, 0.1) is 6.61 Å². The number of esters is 1. The minimum Gasteiger partial charge on any atom is -0.463 e. The van der Waals surface area contributed by atoms with Crippen molar-refractivity contribution in [1.82, 2.24) is 0 Å². The number of hydrogen-bond acceptors (Lipinski definition) is 3. The lowest BCUT2D eigenvalue weighted by Gasteiger charge is -2.09. The Morgan fingerprint density at radius 1 is 1.26 bits per heavy atom. The Kier molecular flexibility index (Phi) is 4.97. The quantitative estimate of drug-likeness (QED) is 0.622. The van der Waals surface area contributed by atoms with Gasteiger partial charge >= 0.3 is 12.3 Å². The summed E-state index contributed by atoms with van der Waals surface area (Å²) in [5.41, 5.74) is 1.21. The molecule has 0 spiro atoms. The lowest BCUT2D eigenvalue weighted by molar-refractivity contribution is -0.274. The van der Waals surface area contributed by atoms with Gasteiger partial charge in [0.2, 0.25) is 0 Å². The van der Waals surface area contributed by atoms with Crippen LogP contribution in [0.4, 0.5) is 13.2 Å². The standard InChI is InChI=1S/C13H13F3O3/c1-3-18-12(17)8-9(2)10-4-6-11(7-5-10)19-13(14,15)16/h4-8H,3H2,1-2H3. The summed E-state index contributed by atoms with van der Waals surface area (Å²) < 4.78 is 44.4. The Morgan fingerprint density at radius 3 is 2.32 bits per heavy atom. The molecule has 0 aliphatic carbocycles. The van der Waals surface area contributed by atoms with Gasteiger partial charge in [0.15, 0.2) is 0 Å². The van der Waals surface area contributed by atoms with Crippen LogP contribution >= 0.6 is 0 Å². The third kappa shape index (κ3) is 5.46. The van der Waals surface area contributed by atoms with Crippen LogP contribution in [0.3, 0.4) is 0 Å². The third-order valence-electron chi connectivity index (χ3n) is 2.16. The molecule has 1 aromatic rings. The maximum Gasteiger partial charge on any atom is 0.573 e. The summed E-state index contributed by atoms with van der Waals surface area (Å²) in [5.74, 6) is -0.796. The van der Waals surface area contributed by atoms with Crippen molar-refractivity contribution in [1.29, 1.82) is 0 Å². The SMILES string of the molecule is CCOC(=O)C=C(C)c1ccc(OC(F)(F)F)cc1. The first-order valence-electron chi connectivity index (χ1n) is 5.53. The van der Waals surface area contributed by atoms with Crippen molar-refractivity contribution in [2.45, 2.75) is 20.2 Å². The Morgan fingerprint density at radius 2 is 1.84 bits per heavy atom. The zero-order chi connectivity index (χ0) is 14.5. The van der Waals surface area contributed by atoms with Crippen molar-refractivity contribution in [2.24, 2.45) is 0 Å². The molecule has 0 fully saturated rings. The Labute approximate surface area is 108 Å². The first-order valence-corrected chi connectivity index (χ1v) is 5.53. The van der Waals surface area contributed by atoms with Gasteiger partial charge in [-0.3, -0.25) is 0 Å². The van der Waals surface area contributed by atoms with E-state index in [1.54, 1.807) is 13.8 Å². The van der Waals surface area contributed by atoms with E-state index in [0.717, 1.165) is 0 Å². The van der Waals surface area contributed by atoms with Gasteiger partial charge < -0.3 is 9.47 Å². The molecule has 0 atom stereocenters. The molecule has 0 aromatic heterocycles. The molecule has 0 heterocycles. The van der Waals surface area contributed by atoms with E-state index in [1.807, 2.05) is 0 Å². The molecule has 0 saturated heterocycles. The van der Waals surface area contributed by atoms with Crippen LogP contribution in [-0.4, -0.2) is 18.9 Å². The molecule has 1 aromatic carbocycles. The molecule has 0 N–H and O–H groups in total. The second kappa shape index (κ2) is 6.26. The monoisotopic (exact) mass is 274 g/mol. The van der Waals surface area contributed by atoms with Crippen LogP contribution < -0.4 is 4.74 Å². The summed E-state index contributed by atoms with van der Waals surface area (Å²) in [6.07, 6.45) is -3.43. The summed E-state index contributed by atoms with van der Waals surface area (Å²) in [6, 6.07) is 5.24. The lowest BCUT2D eigenvalue weighted by Crippen LogP contribution is -2.16. The van der Waals surface area contributed by atoms with Crippen LogP contribution in [0.25, 0.3) is 5.57 Å². The fraction of sp³-hybridized carbons (Fsp3) is 0.308. The first-order chi connectivity index (χ1) is 8.81. The number of allylic oxidation sites excluding steroid dienone is 1. The van der Waals surface area contributed by atoms with Gasteiger partial charge in [0.25, 0.3) is 0 Å². The molecule has 0 aliphatic rings. The molecular formula is C13H13F3O3. The van der Waals surface area contributed by atoms with E-state index >= 15 is 0 Å². The average Bonchev–Trinajstić information content (AvgIpc) is 2.27. The van der Waals surface area contributed by atoms with E-state index in [9.17, 15) is 18.0 Å². The number of rotatable bonds is 4. The van der Waals surface area contributed by atoms with E-state index in [1.165, 1.54) is 30.3 Å². The molecule has 0 unspecified atom stereocenters. The lowest BCUT2D eigenvalue weighted by atomic mass is 10.1. The summed E-state index contributed by atoms with van der Waals surface area (Å²) in [4.78, 5) is 11.2. The van der Waals surface area contributed by atoms with Gasteiger partial charge in [0.1, 0.15) is 5.75 Å².